The molecule has 2 aromatic carbocycles. The lowest BCUT2D eigenvalue weighted by molar-refractivity contribution is -0.147. The van der Waals surface area contributed by atoms with E-state index in [9.17, 15) is 14.3 Å². The molecule has 0 bridgehead atoms. The number of carbonyl (C=O) groups excluding carboxylic acids is 1. The zero-order valence-corrected chi connectivity index (χ0v) is 17.8. The van der Waals surface area contributed by atoms with E-state index in [0.717, 1.165) is 57.3 Å². The van der Waals surface area contributed by atoms with Gasteiger partial charge in [-0.1, -0.05) is 55.3 Å². The molecule has 4 atom stereocenters. The number of halogens is 1. The maximum absolute atomic E-state index is 13.3. The van der Waals surface area contributed by atoms with E-state index in [-0.39, 0.29) is 23.7 Å². The van der Waals surface area contributed by atoms with Gasteiger partial charge in [0.25, 0.3) is 5.91 Å². The lowest BCUT2D eigenvalue weighted by Crippen LogP contribution is -2.51. The van der Waals surface area contributed by atoms with Gasteiger partial charge in [0.2, 0.25) is 0 Å². The van der Waals surface area contributed by atoms with Crippen LogP contribution in [0.2, 0.25) is 0 Å². The van der Waals surface area contributed by atoms with E-state index in [1.165, 1.54) is 12.1 Å². The number of piperidine rings is 1. The van der Waals surface area contributed by atoms with Crippen LogP contribution in [-0.4, -0.2) is 41.6 Å². The van der Waals surface area contributed by atoms with Crippen LogP contribution in [0.4, 0.5) is 4.39 Å². The molecule has 1 amide bonds. The van der Waals surface area contributed by atoms with Crippen molar-refractivity contribution in [1.29, 1.82) is 0 Å². The maximum Gasteiger partial charge on any atom is 0.257 e. The van der Waals surface area contributed by atoms with Crippen LogP contribution in [0, 0.1) is 23.6 Å². The zero-order valence-electron chi connectivity index (χ0n) is 17.8. The predicted octanol–water partition coefficient (Wildman–Crippen LogP) is 3.49. The van der Waals surface area contributed by atoms with Crippen LogP contribution >= 0.6 is 0 Å². The second kappa shape index (κ2) is 8.36. The molecule has 3 fully saturated rings. The van der Waals surface area contributed by atoms with Crippen molar-refractivity contribution in [2.24, 2.45) is 17.8 Å². The second-order valence-electron chi connectivity index (χ2n) is 9.58. The summed E-state index contributed by atoms with van der Waals surface area (Å²) < 4.78 is 13.1. The van der Waals surface area contributed by atoms with Crippen LogP contribution in [0.1, 0.15) is 36.8 Å². The Morgan fingerprint density at radius 2 is 1.68 bits per heavy atom. The summed E-state index contributed by atoms with van der Waals surface area (Å²) in [6.45, 7) is 2.91. The van der Waals surface area contributed by atoms with Crippen molar-refractivity contribution < 1.29 is 14.3 Å². The zero-order chi connectivity index (χ0) is 21.4. The Balaban J connectivity index is 1.18. The van der Waals surface area contributed by atoms with E-state index in [4.69, 9.17) is 0 Å². The van der Waals surface area contributed by atoms with Gasteiger partial charge in [0, 0.05) is 31.6 Å². The summed E-state index contributed by atoms with van der Waals surface area (Å²) in [6, 6.07) is 16.4. The van der Waals surface area contributed by atoms with Crippen molar-refractivity contribution in [3.63, 3.8) is 0 Å². The highest BCUT2D eigenvalue weighted by molar-refractivity contribution is 5.87. The number of benzene rings is 2. The number of aliphatic hydroxyl groups is 1. The molecule has 4 nitrogen and oxygen atoms in total. The van der Waals surface area contributed by atoms with Crippen LogP contribution in [0.3, 0.4) is 0 Å². The fourth-order valence-corrected chi connectivity index (χ4v) is 5.80. The molecular formula is C26H31FN2O2. The van der Waals surface area contributed by atoms with Crippen LogP contribution in [-0.2, 0) is 16.8 Å². The van der Waals surface area contributed by atoms with Gasteiger partial charge in [-0.15, -0.1) is 0 Å². The third-order valence-electron chi connectivity index (χ3n) is 7.70. The molecule has 5 heteroatoms. The molecular weight excluding hydrogens is 391 g/mol. The number of rotatable bonds is 7. The van der Waals surface area contributed by atoms with Gasteiger partial charge in [0.05, 0.1) is 0 Å². The number of nitrogens with one attached hydrogen (secondary N) is 1. The standard InChI is InChI=1S/C26H31FN2O2/c27-21-12-10-18(11-13-21)14-15-29-16-22-23(17-29)24(22)28-25(30)26(31,20-8-4-5-9-20)19-6-2-1-3-7-19/h1-3,6-7,10-13,20,22-24,31H,4-5,8-9,14-17H2,(H,28,30)/t22-,23+,24?,26?. The average Bonchev–Trinajstić information content (AvgIpc) is 3.20. The predicted molar refractivity (Wildman–Crippen MR) is 118 cm³/mol. The highest BCUT2D eigenvalue weighted by Crippen LogP contribution is 2.47. The number of amides is 1. The van der Waals surface area contributed by atoms with E-state index < -0.39 is 5.60 Å². The Labute approximate surface area is 183 Å². The number of fused-ring (bicyclic) bond motifs is 1. The molecule has 31 heavy (non-hydrogen) atoms. The van der Waals surface area contributed by atoms with Crippen molar-refractivity contribution in [1.82, 2.24) is 10.2 Å². The highest BCUT2D eigenvalue weighted by Gasteiger charge is 2.58. The smallest absolute Gasteiger partial charge is 0.257 e. The Morgan fingerprint density at radius 1 is 1.03 bits per heavy atom. The van der Waals surface area contributed by atoms with Crippen molar-refractivity contribution in [2.45, 2.75) is 43.7 Å². The summed E-state index contributed by atoms with van der Waals surface area (Å²) in [7, 11) is 0. The minimum Gasteiger partial charge on any atom is -0.375 e. The van der Waals surface area contributed by atoms with Gasteiger partial charge < -0.3 is 15.3 Å². The third-order valence-corrected chi connectivity index (χ3v) is 7.70. The van der Waals surface area contributed by atoms with Crippen LogP contribution in [0.25, 0.3) is 0 Å². The van der Waals surface area contributed by atoms with Crippen molar-refractivity contribution in [2.75, 3.05) is 19.6 Å². The second-order valence-corrected chi connectivity index (χ2v) is 9.58. The summed E-state index contributed by atoms with van der Waals surface area (Å²) in [6.07, 6.45) is 4.85. The number of carbonyl (C=O) groups is 1. The van der Waals surface area contributed by atoms with Gasteiger partial charge >= 0.3 is 0 Å². The minimum atomic E-state index is -1.43. The lowest BCUT2D eigenvalue weighted by Gasteiger charge is -2.33. The SMILES string of the molecule is O=C(NC1[C@H]2CN(CCc3ccc(F)cc3)C[C@@H]12)C(O)(c1ccccc1)C1CCCC1. The van der Waals surface area contributed by atoms with E-state index in [1.807, 2.05) is 42.5 Å². The molecule has 1 aliphatic heterocycles. The van der Waals surface area contributed by atoms with Gasteiger partial charge in [0.15, 0.2) is 5.60 Å². The van der Waals surface area contributed by atoms with E-state index in [2.05, 4.69) is 10.2 Å². The van der Waals surface area contributed by atoms with E-state index in [0.29, 0.717) is 17.4 Å². The molecule has 0 radical (unpaired) electrons. The van der Waals surface area contributed by atoms with Gasteiger partial charge in [-0.3, -0.25) is 4.79 Å². The number of nitrogens with zero attached hydrogens (tertiary/aromatic N) is 1. The normalized spacial score (nSPS) is 27.6. The third kappa shape index (κ3) is 4.01. The molecule has 3 aliphatic rings. The minimum absolute atomic E-state index is 0.0132. The van der Waals surface area contributed by atoms with Crippen LogP contribution < -0.4 is 5.32 Å². The topological polar surface area (TPSA) is 52.6 Å². The summed E-state index contributed by atoms with van der Waals surface area (Å²) in [5, 5.41) is 14.8. The van der Waals surface area contributed by atoms with Gasteiger partial charge in [-0.2, -0.15) is 0 Å². The number of hydrogen-bond acceptors (Lipinski definition) is 3. The van der Waals surface area contributed by atoms with Gasteiger partial charge in [-0.05, 0) is 54.4 Å². The fraction of sp³-hybridized carbons (Fsp3) is 0.500. The first kappa shape index (κ1) is 20.7. The Hall–Kier alpha value is -2.24. The Kier molecular flexibility index (Phi) is 5.57. The fourth-order valence-electron chi connectivity index (χ4n) is 5.80. The molecule has 2 aliphatic carbocycles. The van der Waals surface area contributed by atoms with Gasteiger partial charge in [0.1, 0.15) is 5.82 Å². The molecule has 0 spiro atoms. The average molecular weight is 423 g/mol. The molecule has 0 aromatic heterocycles. The molecule has 2 N–H and O–H groups in total. The summed E-state index contributed by atoms with van der Waals surface area (Å²) in [5.41, 5.74) is 0.430. The lowest BCUT2D eigenvalue weighted by atomic mass is 9.79. The first-order chi connectivity index (χ1) is 15.1. The highest BCUT2D eigenvalue weighted by atomic mass is 19.1. The summed E-state index contributed by atoms with van der Waals surface area (Å²) in [5.74, 6) is 0.517. The molecule has 1 heterocycles. The largest absolute Gasteiger partial charge is 0.375 e. The van der Waals surface area contributed by atoms with Gasteiger partial charge in [-0.25, -0.2) is 4.39 Å². The first-order valence-corrected chi connectivity index (χ1v) is 11.6. The number of hydrogen-bond donors (Lipinski definition) is 2. The van der Waals surface area contributed by atoms with Crippen molar-refractivity contribution in [3.8, 4) is 0 Å². The van der Waals surface area contributed by atoms with Crippen molar-refractivity contribution >= 4 is 5.91 Å². The summed E-state index contributed by atoms with van der Waals surface area (Å²) in [4.78, 5) is 15.8. The quantitative estimate of drug-likeness (QED) is 0.718. The Bertz CT molecular complexity index is 901. The molecule has 2 saturated carbocycles. The molecule has 5 rings (SSSR count). The first-order valence-electron chi connectivity index (χ1n) is 11.6. The molecule has 2 unspecified atom stereocenters. The maximum atomic E-state index is 13.3. The Morgan fingerprint density at radius 3 is 2.32 bits per heavy atom. The van der Waals surface area contributed by atoms with Crippen molar-refractivity contribution in [3.05, 3.63) is 71.5 Å². The molecule has 2 aromatic rings. The number of likely N-dealkylation sites (tertiary alicyclic amines) is 1. The van der Waals surface area contributed by atoms with Crippen LogP contribution in [0.15, 0.2) is 54.6 Å². The van der Waals surface area contributed by atoms with E-state index >= 15 is 0 Å². The summed E-state index contributed by atoms with van der Waals surface area (Å²) >= 11 is 0. The van der Waals surface area contributed by atoms with Crippen LogP contribution in [0.5, 0.6) is 0 Å². The molecule has 1 saturated heterocycles. The monoisotopic (exact) mass is 422 g/mol. The van der Waals surface area contributed by atoms with E-state index in [1.54, 1.807) is 0 Å². The molecule has 164 valence electrons.